The van der Waals surface area contributed by atoms with E-state index in [1.165, 1.54) is 25.9 Å². The molecule has 0 bridgehead atoms. The summed E-state index contributed by atoms with van der Waals surface area (Å²) in [5, 5.41) is 6.76. The molecule has 1 rings (SSSR count). The second kappa shape index (κ2) is 8.47. The Morgan fingerprint density at radius 1 is 1.40 bits per heavy atom. The van der Waals surface area contributed by atoms with Crippen molar-refractivity contribution in [3.8, 4) is 0 Å². The van der Waals surface area contributed by atoms with Gasteiger partial charge in [0.2, 0.25) is 0 Å². The summed E-state index contributed by atoms with van der Waals surface area (Å²) in [4.78, 5) is 7.03. The summed E-state index contributed by atoms with van der Waals surface area (Å²) in [6, 6.07) is 0. The molecule has 1 heterocycles. The molecule has 2 N–H and O–H groups in total. The van der Waals surface area contributed by atoms with Crippen LogP contribution in [-0.4, -0.2) is 63.3 Å². The van der Waals surface area contributed by atoms with E-state index in [9.17, 15) is 0 Å². The highest BCUT2D eigenvalue weighted by Gasteiger charge is 2.18. The molecule has 1 fully saturated rings. The molecule has 1 aliphatic rings. The number of aliphatic imine (C=N–C) groups is 1. The van der Waals surface area contributed by atoms with Crippen molar-refractivity contribution in [2.45, 2.75) is 39.2 Å². The molecular formula is C15H32N4O. The lowest BCUT2D eigenvalue weighted by atomic mass is 9.99. The van der Waals surface area contributed by atoms with E-state index in [0.717, 1.165) is 19.0 Å². The van der Waals surface area contributed by atoms with Crippen LogP contribution < -0.4 is 10.6 Å². The van der Waals surface area contributed by atoms with Crippen molar-refractivity contribution < 1.29 is 4.74 Å². The van der Waals surface area contributed by atoms with Crippen molar-refractivity contribution in [1.82, 2.24) is 15.5 Å². The van der Waals surface area contributed by atoms with Crippen molar-refractivity contribution in [3.05, 3.63) is 0 Å². The van der Waals surface area contributed by atoms with Crippen LogP contribution in [0.25, 0.3) is 0 Å². The predicted octanol–water partition coefficient (Wildman–Crippen LogP) is 1.31. The van der Waals surface area contributed by atoms with Gasteiger partial charge in [0.15, 0.2) is 5.96 Å². The molecule has 5 nitrogen and oxygen atoms in total. The molecule has 118 valence electrons. The minimum Gasteiger partial charge on any atom is -0.377 e. The first kappa shape index (κ1) is 17.2. The standard InChI is InChI=1S/C15H32N4O/c1-6-16-14(18-12-15(2,3)20-5)17-10-13-8-7-9-19(4)11-13/h13H,6-12H2,1-5H3,(H2,16,17,18). The van der Waals surface area contributed by atoms with Crippen LogP contribution in [0.2, 0.25) is 0 Å². The molecule has 1 aliphatic heterocycles. The maximum Gasteiger partial charge on any atom is 0.191 e. The second-order valence-electron chi connectivity index (χ2n) is 6.31. The van der Waals surface area contributed by atoms with Crippen molar-refractivity contribution in [3.63, 3.8) is 0 Å². The number of hydrogen-bond acceptors (Lipinski definition) is 3. The van der Waals surface area contributed by atoms with Crippen LogP contribution in [0.15, 0.2) is 4.99 Å². The van der Waals surface area contributed by atoms with Gasteiger partial charge in [-0.1, -0.05) is 0 Å². The number of hydrogen-bond donors (Lipinski definition) is 2. The Bertz CT molecular complexity index is 304. The van der Waals surface area contributed by atoms with Gasteiger partial charge in [0, 0.05) is 26.7 Å². The lowest BCUT2D eigenvalue weighted by Crippen LogP contribution is -2.44. The highest BCUT2D eigenvalue weighted by molar-refractivity contribution is 5.79. The Morgan fingerprint density at radius 2 is 2.15 bits per heavy atom. The van der Waals surface area contributed by atoms with E-state index in [-0.39, 0.29) is 5.60 Å². The first-order valence-corrected chi connectivity index (χ1v) is 7.72. The molecule has 0 spiro atoms. The van der Waals surface area contributed by atoms with E-state index in [1.807, 2.05) is 0 Å². The third kappa shape index (κ3) is 6.57. The van der Waals surface area contributed by atoms with Crippen LogP contribution in [0.5, 0.6) is 0 Å². The molecular weight excluding hydrogens is 252 g/mol. The Kier molecular flexibility index (Phi) is 7.30. The summed E-state index contributed by atoms with van der Waals surface area (Å²) in [6.45, 7) is 11.1. The van der Waals surface area contributed by atoms with Gasteiger partial charge in [-0.3, -0.25) is 4.99 Å². The quantitative estimate of drug-likeness (QED) is 0.570. The van der Waals surface area contributed by atoms with Gasteiger partial charge < -0.3 is 20.3 Å². The maximum atomic E-state index is 5.41. The van der Waals surface area contributed by atoms with Gasteiger partial charge in [-0.25, -0.2) is 0 Å². The zero-order chi connectivity index (χ0) is 15.0. The Morgan fingerprint density at radius 3 is 2.75 bits per heavy atom. The number of guanidine groups is 1. The molecule has 20 heavy (non-hydrogen) atoms. The molecule has 0 aromatic carbocycles. The molecule has 0 aliphatic carbocycles. The molecule has 1 saturated heterocycles. The van der Waals surface area contributed by atoms with Crippen LogP contribution in [-0.2, 0) is 4.74 Å². The number of nitrogens with one attached hydrogen (secondary N) is 2. The molecule has 0 radical (unpaired) electrons. The minimum absolute atomic E-state index is 0.215. The van der Waals surface area contributed by atoms with Crippen LogP contribution in [0.3, 0.4) is 0 Å². The number of nitrogens with zero attached hydrogens (tertiary/aromatic N) is 2. The fourth-order valence-corrected chi connectivity index (χ4v) is 2.36. The fourth-order valence-electron chi connectivity index (χ4n) is 2.36. The first-order chi connectivity index (χ1) is 9.46. The third-order valence-corrected chi connectivity index (χ3v) is 3.80. The number of ether oxygens (including phenoxy) is 1. The molecule has 5 heteroatoms. The van der Waals surface area contributed by atoms with Crippen LogP contribution in [0.1, 0.15) is 33.6 Å². The minimum atomic E-state index is -0.215. The van der Waals surface area contributed by atoms with Gasteiger partial charge in [0.05, 0.1) is 12.1 Å². The number of methoxy groups -OCH3 is 1. The maximum absolute atomic E-state index is 5.41. The van der Waals surface area contributed by atoms with Gasteiger partial charge in [-0.05, 0) is 53.1 Å². The lowest BCUT2D eigenvalue weighted by Gasteiger charge is -2.30. The van der Waals surface area contributed by atoms with Gasteiger partial charge in [-0.15, -0.1) is 0 Å². The van der Waals surface area contributed by atoms with Crippen molar-refractivity contribution in [2.24, 2.45) is 10.9 Å². The van der Waals surface area contributed by atoms with Gasteiger partial charge >= 0.3 is 0 Å². The number of piperidine rings is 1. The smallest absolute Gasteiger partial charge is 0.191 e. The average Bonchev–Trinajstić information content (AvgIpc) is 2.42. The van der Waals surface area contributed by atoms with Gasteiger partial charge in [0.1, 0.15) is 0 Å². The van der Waals surface area contributed by atoms with E-state index < -0.39 is 0 Å². The van der Waals surface area contributed by atoms with Crippen LogP contribution in [0.4, 0.5) is 0 Å². The zero-order valence-corrected chi connectivity index (χ0v) is 13.8. The molecule has 0 aromatic rings. The lowest BCUT2D eigenvalue weighted by molar-refractivity contribution is 0.0310. The number of likely N-dealkylation sites (tertiary alicyclic amines) is 1. The van der Waals surface area contributed by atoms with E-state index in [2.05, 4.69) is 48.3 Å². The SMILES string of the molecule is CCNC(=NCC(C)(C)OC)NCC1CCCN(C)C1. The van der Waals surface area contributed by atoms with E-state index >= 15 is 0 Å². The molecule has 0 amide bonds. The summed E-state index contributed by atoms with van der Waals surface area (Å²) < 4.78 is 5.41. The van der Waals surface area contributed by atoms with Crippen molar-refractivity contribution >= 4 is 5.96 Å². The molecule has 1 unspecified atom stereocenters. The molecule has 0 aromatic heterocycles. The predicted molar refractivity (Wildman–Crippen MR) is 85.3 cm³/mol. The van der Waals surface area contributed by atoms with E-state index in [1.54, 1.807) is 7.11 Å². The second-order valence-corrected chi connectivity index (χ2v) is 6.31. The van der Waals surface area contributed by atoms with Crippen molar-refractivity contribution in [2.75, 3.05) is 46.9 Å². The highest BCUT2D eigenvalue weighted by atomic mass is 16.5. The summed E-state index contributed by atoms with van der Waals surface area (Å²) in [7, 11) is 3.93. The average molecular weight is 284 g/mol. The Hall–Kier alpha value is -0.810. The Balaban J connectivity index is 2.43. The zero-order valence-electron chi connectivity index (χ0n) is 13.8. The highest BCUT2D eigenvalue weighted by Crippen LogP contribution is 2.13. The largest absolute Gasteiger partial charge is 0.377 e. The van der Waals surface area contributed by atoms with Gasteiger partial charge in [-0.2, -0.15) is 0 Å². The molecule has 1 atom stereocenters. The van der Waals surface area contributed by atoms with Crippen LogP contribution in [0, 0.1) is 5.92 Å². The summed E-state index contributed by atoms with van der Waals surface area (Å²) in [6.07, 6.45) is 2.60. The summed E-state index contributed by atoms with van der Waals surface area (Å²) in [5.74, 6) is 1.61. The van der Waals surface area contributed by atoms with Crippen molar-refractivity contribution in [1.29, 1.82) is 0 Å². The number of rotatable bonds is 6. The van der Waals surface area contributed by atoms with E-state index in [0.29, 0.717) is 12.5 Å². The summed E-state index contributed by atoms with van der Waals surface area (Å²) >= 11 is 0. The molecule has 0 saturated carbocycles. The summed E-state index contributed by atoms with van der Waals surface area (Å²) in [5.41, 5.74) is -0.215. The monoisotopic (exact) mass is 284 g/mol. The Labute approximate surface area is 124 Å². The first-order valence-electron chi connectivity index (χ1n) is 7.72. The fraction of sp³-hybridized carbons (Fsp3) is 0.933. The normalized spacial score (nSPS) is 21.9. The topological polar surface area (TPSA) is 48.9 Å². The third-order valence-electron chi connectivity index (χ3n) is 3.80. The van der Waals surface area contributed by atoms with E-state index in [4.69, 9.17) is 4.74 Å². The van der Waals surface area contributed by atoms with Crippen LogP contribution >= 0.6 is 0 Å². The van der Waals surface area contributed by atoms with Gasteiger partial charge in [0.25, 0.3) is 0 Å².